The highest BCUT2D eigenvalue weighted by molar-refractivity contribution is 5.52. The molecule has 1 saturated carbocycles. The molecule has 0 heterocycles. The molecule has 16 heavy (non-hydrogen) atoms. The van der Waals surface area contributed by atoms with Crippen molar-refractivity contribution in [2.75, 3.05) is 11.9 Å². The molecule has 0 saturated heterocycles. The lowest BCUT2D eigenvalue weighted by molar-refractivity contribution is 0.395. The molecule has 0 atom stereocenters. The van der Waals surface area contributed by atoms with E-state index in [0.717, 1.165) is 19.3 Å². The van der Waals surface area contributed by atoms with Gasteiger partial charge in [0, 0.05) is 13.1 Å². The van der Waals surface area contributed by atoms with E-state index in [1.165, 1.54) is 12.1 Å². The van der Waals surface area contributed by atoms with Crippen LogP contribution >= 0.6 is 0 Å². The molecule has 0 aliphatic heterocycles. The van der Waals surface area contributed by atoms with Crippen LogP contribution in [-0.4, -0.2) is 13.1 Å². The Hall–Kier alpha value is -1.63. The van der Waals surface area contributed by atoms with Crippen LogP contribution in [0.2, 0.25) is 0 Å². The topological polar surface area (TPSA) is 27.0 Å². The fourth-order valence-electron chi connectivity index (χ4n) is 1.87. The summed E-state index contributed by atoms with van der Waals surface area (Å²) in [6.07, 6.45) is 3.16. The summed E-state index contributed by atoms with van der Waals surface area (Å²) < 4.78 is 27.0. The molecular weight excluding hydrogens is 210 g/mol. The van der Waals surface area contributed by atoms with Crippen LogP contribution in [0.3, 0.4) is 0 Å². The lowest BCUT2D eigenvalue weighted by Crippen LogP contribution is -2.37. The fourth-order valence-corrected chi connectivity index (χ4v) is 1.87. The van der Waals surface area contributed by atoms with Crippen LogP contribution < -0.4 is 4.90 Å². The minimum absolute atomic E-state index is 0.237. The molecule has 0 N–H and O–H groups in total. The molecule has 0 radical (unpaired) electrons. The third-order valence-corrected chi connectivity index (χ3v) is 3.18. The molecule has 0 spiro atoms. The number of hydrogen-bond acceptors (Lipinski definition) is 2. The van der Waals surface area contributed by atoms with Gasteiger partial charge in [-0.1, -0.05) is 0 Å². The molecule has 0 aromatic heterocycles. The van der Waals surface area contributed by atoms with E-state index in [1.54, 1.807) is 18.0 Å². The first kappa shape index (κ1) is 10.9. The van der Waals surface area contributed by atoms with E-state index in [0.29, 0.717) is 6.04 Å². The fraction of sp³-hybridized carbons (Fsp3) is 0.417. The van der Waals surface area contributed by atoms with Crippen molar-refractivity contribution in [3.63, 3.8) is 0 Å². The number of nitrogens with zero attached hydrogens (tertiary/aromatic N) is 2. The Morgan fingerprint density at radius 1 is 1.31 bits per heavy atom. The van der Waals surface area contributed by atoms with E-state index in [9.17, 15) is 8.78 Å². The van der Waals surface area contributed by atoms with Crippen LogP contribution in [-0.2, 0) is 0 Å². The van der Waals surface area contributed by atoms with Gasteiger partial charge < -0.3 is 4.90 Å². The molecule has 0 amide bonds. The molecule has 1 aromatic carbocycles. The van der Waals surface area contributed by atoms with Crippen LogP contribution in [0, 0.1) is 23.0 Å². The maximum atomic E-state index is 13.7. The molecule has 84 valence electrons. The van der Waals surface area contributed by atoms with Crippen molar-refractivity contribution < 1.29 is 8.78 Å². The average molecular weight is 222 g/mol. The van der Waals surface area contributed by atoms with Gasteiger partial charge >= 0.3 is 0 Å². The van der Waals surface area contributed by atoms with E-state index >= 15 is 0 Å². The van der Waals surface area contributed by atoms with Crippen molar-refractivity contribution in [2.45, 2.75) is 25.3 Å². The second-order valence-corrected chi connectivity index (χ2v) is 4.07. The largest absolute Gasteiger partial charge is 0.369 e. The summed E-state index contributed by atoms with van der Waals surface area (Å²) in [6.45, 7) is 0. The summed E-state index contributed by atoms with van der Waals surface area (Å²) in [5.74, 6) is -1.97. The van der Waals surface area contributed by atoms with Gasteiger partial charge in [-0.3, -0.25) is 0 Å². The summed E-state index contributed by atoms with van der Waals surface area (Å²) in [7, 11) is 1.76. The van der Waals surface area contributed by atoms with Gasteiger partial charge in [-0.25, -0.2) is 8.78 Å². The van der Waals surface area contributed by atoms with Gasteiger partial charge in [0.1, 0.15) is 6.07 Å². The molecule has 1 aliphatic carbocycles. The van der Waals surface area contributed by atoms with Crippen LogP contribution in [0.1, 0.15) is 24.8 Å². The van der Waals surface area contributed by atoms with E-state index in [4.69, 9.17) is 5.26 Å². The van der Waals surface area contributed by atoms with Crippen molar-refractivity contribution >= 4 is 5.69 Å². The van der Waals surface area contributed by atoms with Crippen LogP contribution in [0.4, 0.5) is 14.5 Å². The lowest BCUT2D eigenvalue weighted by Gasteiger charge is -2.36. The van der Waals surface area contributed by atoms with Gasteiger partial charge in [-0.05, 0) is 31.4 Å². The van der Waals surface area contributed by atoms with Crippen molar-refractivity contribution in [2.24, 2.45) is 0 Å². The predicted molar refractivity (Wildman–Crippen MR) is 57.1 cm³/mol. The Morgan fingerprint density at radius 2 is 2.00 bits per heavy atom. The van der Waals surface area contributed by atoms with Crippen LogP contribution in [0.25, 0.3) is 0 Å². The van der Waals surface area contributed by atoms with Crippen molar-refractivity contribution in [1.29, 1.82) is 5.26 Å². The van der Waals surface area contributed by atoms with Crippen LogP contribution in [0.5, 0.6) is 0 Å². The Kier molecular flexibility index (Phi) is 2.78. The third kappa shape index (κ3) is 1.63. The SMILES string of the molecule is CN(c1ccc(C#N)c(F)c1F)C1CCC1. The van der Waals surface area contributed by atoms with E-state index < -0.39 is 11.6 Å². The minimum Gasteiger partial charge on any atom is -0.369 e. The molecule has 1 aliphatic rings. The number of anilines is 1. The lowest BCUT2D eigenvalue weighted by atomic mass is 9.91. The van der Waals surface area contributed by atoms with Crippen molar-refractivity contribution in [3.05, 3.63) is 29.3 Å². The second-order valence-electron chi connectivity index (χ2n) is 4.07. The predicted octanol–water partition coefficient (Wildman–Crippen LogP) is 2.83. The molecule has 1 aromatic rings. The molecule has 0 unspecified atom stereocenters. The zero-order valence-electron chi connectivity index (χ0n) is 9.00. The normalized spacial score (nSPS) is 15.4. The molecule has 1 fully saturated rings. The second kappa shape index (κ2) is 4.09. The van der Waals surface area contributed by atoms with E-state index in [2.05, 4.69) is 0 Å². The molecule has 0 bridgehead atoms. The quantitative estimate of drug-likeness (QED) is 0.769. The highest BCUT2D eigenvalue weighted by Crippen LogP contribution is 2.31. The Bertz CT molecular complexity index is 447. The Labute approximate surface area is 93.1 Å². The first-order valence-electron chi connectivity index (χ1n) is 5.26. The average Bonchev–Trinajstić information content (AvgIpc) is 2.19. The first-order chi connectivity index (χ1) is 7.65. The van der Waals surface area contributed by atoms with Crippen molar-refractivity contribution in [1.82, 2.24) is 0 Å². The number of benzene rings is 1. The summed E-state index contributed by atoms with van der Waals surface area (Å²) >= 11 is 0. The van der Waals surface area contributed by atoms with Crippen LogP contribution in [0.15, 0.2) is 12.1 Å². The van der Waals surface area contributed by atoms with E-state index in [-0.39, 0.29) is 11.3 Å². The smallest absolute Gasteiger partial charge is 0.183 e. The van der Waals surface area contributed by atoms with Crippen molar-refractivity contribution in [3.8, 4) is 6.07 Å². The molecule has 2 rings (SSSR count). The zero-order valence-corrected chi connectivity index (χ0v) is 9.00. The Morgan fingerprint density at radius 3 is 2.50 bits per heavy atom. The summed E-state index contributed by atoms with van der Waals surface area (Å²) in [4.78, 5) is 1.75. The summed E-state index contributed by atoms with van der Waals surface area (Å²) in [5.41, 5.74) is -0.00976. The maximum absolute atomic E-state index is 13.7. The van der Waals surface area contributed by atoms with Gasteiger partial charge in [0.05, 0.1) is 11.3 Å². The van der Waals surface area contributed by atoms with E-state index in [1.807, 2.05) is 0 Å². The monoisotopic (exact) mass is 222 g/mol. The summed E-state index contributed by atoms with van der Waals surface area (Å²) in [5, 5.41) is 8.57. The standard InChI is InChI=1S/C12H12F2N2/c1-16(9-3-2-4-9)10-6-5-8(7-15)11(13)12(10)14/h5-6,9H,2-4H2,1H3. The number of rotatable bonds is 2. The number of hydrogen-bond donors (Lipinski definition) is 0. The highest BCUT2D eigenvalue weighted by atomic mass is 19.2. The molecular formula is C12H12F2N2. The highest BCUT2D eigenvalue weighted by Gasteiger charge is 2.25. The molecule has 2 nitrogen and oxygen atoms in total. The number of halogens is 2. The first-order valence-corrected chi connectivity index (χ1v) is 5.26. The van der Waals surface area contributed by atoms with Gasteiger partial charge in [0.2, 0.25) is 0 Å². The van der Waals surface area contributed by atoms with Gasteiger partial charge in [-0.2, -0.15) is 5.26 Å². The van der Waals surface area contributed by atoms with Gasteiger partial charge in [0.15, 0.2) is 11.6 Å². The zero-order chi connectivity index (χ0) is 11.7. The maximum Gasteiger partial charge on any atom is 0.183 e. The van der Waals surface area contributed by atoms with Gasteiger partial charge in [-0.15, -0.1) is 0 Å². The summed E-state index contributed by atoms with van der Waals surface area (Å²) in [6, 6.07) is 4.71. The minimum atomic E-state index is -1.05. The van der Waals surface area contributed by atoms with Gasteiger partial charge in [0.25, 0.3) is 0 Å². The molecule has 4 heteroatoms. The number of nitriles is 1. The third-order valence-electron chi connectivity index (χ3n) is 3.18. The Balaban J connectivity index is 2.35.